The van der Waals surface area contributed by atoms with Gasteiger partial charge < -0.3 is 14.7 Å². The van der Waals surface area contributed by atoms with E-state index >= 15 is 0 Å². The second-order valence-corrected chi connectivity index (χ2v) is 9.07. The molecule has 0 spiro atoms. The van der Waals surface area contributed by atoms with Gasteiger partial charge in [0.2, 0.25) is 0 Å². The summed E-state index contributed by atoms with van der Waals surface area (Å²) in [6.45, 7) is 1.46. The number of carbonyl (C=O) groups is 2. The number of likely N-dealkylation sites (tertiary alicyclic amines) is 1. The van der Waals surface area contributed by atoms with Gasteiger partial charge in [-0.1, -0.05) is 44.2 Å². The molecule has 1 saturated heterocycles. The molecule has 168 valence electrons. The average Bonchev–Trinajstić information content (AvgIpc) is 3.04. The van der Waals surface area contributed by atoms with Gasteiger partial charge in [-0.3, -0.25) is 14.5 Å². The SMILES string of the molecule is COc1ccc(C2=C(N3CCCC(CO)C3)C(=O)N(C3CCCCCCC3)C2=O)cc1. The first-order chi connectivity index (χ1) is 15.1. The summed E-state index contributed by atoms with van der Waals surface area (Å²) in [5.41, 5.74) is 1.79. The smallest absolute Gasteiger partial charge is 0.278 e. The van der Waals surface area contributed by atoms with Crippen molar-refractivity contribution in [3.05, 3.63) is 35.5 Å². The standard InChI is InChI=1S/C25H34N2O4/c1-31-21-13-11-19(12-14-21)22-23(26-15-7-8-18(16-26)17-28)25(30)27(24(22)29)20-9-5-3-2-4-6-10-20/h11-14,18,20,28H,2-10,15-17H2,1H3. The minimum Gasteiger partial charge on any atom is -0.497 e. The highest BCUT2D eigenvalue weighted by Gasteiger charge is 2.45. The number of rotatable bonds is 5. The molecule has 1 unspecified atom stereocenters. The first kappa shape index (κ1) is 21.9. The summed E-state index contributed by atoms with van der Waals surface area (Å²) in [6.07, 6.45) is 9.34. The Morgan fingerprint density at radius 3 is 2.26 bits per heavy atom. The summed E-state index contributed by atoms with van der Waals surface area (Å²) in [5, 5.41) is 9.70. The second kappa shape index (κ2) is 9.86. The van der Waals surface area contributed by atoms with E-state index in [1.54, 1.807) is 12.0 Å². The number of methoxy groups -OCH3 is 1. The third-order valence-electron chi connectivity index (χ3n) is 7.00. The van der Waals surface area contributed by atoms with Gasteiger partial charge >= 0.3 is 0 Å². The number of aliphatic hydroxyl groups excluding tert-OH is 1. The third kappa shape index (κ3) is 4.49. The van der Waals surface area contributed by atoms with Gasteiger partial charge in [-0.25, -0.2) is 0 Å². The summed E-state index contributed by atoms with van der Waals surface area (Å²) >= 11 is 0. The van der Waals surface area contributed by atoms with Crippen molar-refractivity contribution in [2.75, 3.05) is 26.8 Å². The molecule has 4 rings (SSSR count). The van der Waals surface area contributed by atoms with Crippen molar-refractivity contribution >= 4 is 17.4 Å². The second-order valence-electron chi connectivity index (χ2n) is 9.07. The molecule has 2 amide bonds. The predicted octanol–water partition coefficient (Wildman–Crippen LogP) is 3.59. The lowest BCUT2D eigenvalue weighted by Gasteiger charge is -2.35. The highest BCUT2D eigenvalue weighted by molar-refractivity contribution is 6.35. The molecular weight excluding hydrogens is 392 g/mol. The fourth-order valence-electron chi connectivity index (χ4n) is 5.29. The minimum absolute atomic E-state index is 0.0236. The predicted molar refractivity (Wildman–Crippen MR) is 119 cm³/mol. The Morgan fingerprint density at radius 2 is 1.61 bits per heavy atom. The van der Waals surface area contributed by atoms with Crippen LogP contribution in [0, 0.1) is 5.92 Å². The molecule has 1 aliphatic carbocycles. The van der Waals surface area contributed by atoms with Crippen LogP contribution in [-0.2, 0) is 9.59 Å². The molecule has 2 fully saturated rings. The Morgan fingerprint density at radius 1 is 0.935 bits per heavy atom. The van der Waals surface area contributed by atoms with E-state index in [-0.39, 0.29) is 30.4 Å². The monoisotopic (exact) mass is 426 g/mol. The Kier molecular flexibility index (Phi) is 6.96. The number of amides is 2. The number of imide groups is 1. The summed E-state index contributed by atoms with van der Waals surface area (Å²) in [6, 6.07) is 7.39. The Hall–Kier alpha value is -2.34. The van der Waals surface area contributed by atoms with E-state index in [0.717, 1.165) is 56.4 Å². The molecule has 0 aromatic heterocycles. The number of hydrogen-bond acceptors (Lipinski definition) is 5. The Bertz CT molecular complexity index is 824. The van der Waals surface area contributed by atoms with Crippen LogP contribution in [0.15, 0.2) is 30.0 Å². The molecule has 31 heavy (non-hydrogen) atoms. The maximum absolute atomic E-state index is 13.7. The zero-order valence-corrected chi connectivity index (χ0v) is 18.5. The molecule has 2 aliphatic heterocycles. The number of hydrogen-bond donors (Lipinski definition) is 1. The molecule has 1 atom stereocenters. The number of carbonyl (C=O) groups excluding carboxylic acids is 2. The van der Waals surface area contributed by atoms with Crippen molar-refractivity contribution < 1.29 is 19.4 Å². The van der Waals surface area contributed by atoms with Crippen molar-refractivity contribution in [3.63, 3.8) is 0 Å². The van der Waals surface area contributed by atoms with Crippen LogP contribution in [0.3, 0.4) is 0 Å². The van der Waals surface area contributed by atoms with Gasteiger partial charge in [-0.15, -0.1) is 0 Å². The molecule has 1 aromatic carbocycles. The largest absolute Gasteiger partial charge is 0.497 e. The average molecular weight is 427 g/mol. The molecule has 1 aromatic rings. The molecule has 2 heterocycles. The minimum atomic E-state index is -0.165. The van der Waals surface area contributed by atoms with Gasteiger partial charge in [-0.05, 0) is 49.3 Å². The van der Waals surface area contributed by atoms with Crippen LogP contribution in [0.2, 0.25) is 0 Å². The van der Waals surface area contributed by atoms with E-state index in [2.05, 4.69) is 0 Å². The Balaban J connectivity index is 1.71. The molecular formula is C25H34N2O4. The van der Waals surface area contributed by atoms with Crippen molar-refractivity contribution in [3.8, 4) is 5.75 Å². The van der Waals surface area contributed by atoms with E-state index in [4.69, 9.17) is 4.74 Å². The van der Waals surface area contributed by atoms with E-state index in [0.29, 0.717) is 17.8 Å². The zero-order valence-electron chi connectivity index (χ0n) is 18.5. The lowest BCUT2D eigenvalue weighted by molar-refractivity contribution is -0.140. The highest BCUT2D eigenvalue weighted by atomic mass is 16.5. The van der Waals surface area contributed by atoms with E-state index in [1.165, 1.54) is 19.3 Å². The van der Waals surface area contributed by atoms with Gasteiger partial charge in [0.1, 0.15) is 11.4 Å². The van der Waals surface area contributed by atoms with Crippen molar-refractivity contribution in [1.29, 1.82) is 0 Å². The lowest BCUT2D eigenvalue weighted by atomic mass is 9.95. The first-order valence-corrected chi connectivity index (χ1v) is 11.8. The van der Waals surface area contributed by atoms with Crippen LogP contribution in [0.4, 0.5) is 0 Å². The summed E-state index contributed by atoms with van der Waals surface area (Å²) in [7, 11) is 1.61. The number of nitrogens with zero attached hydrogens (tertiary/aromatic N) is 2. The van der Waals surface area contributed by atoms with Crippen LogP contribution in [0.5, 0.6) is 5.75 Å². The van der Waals surface area contributed by atoms with Crippen molar-refractivity contribution in [2.24, 2.45) is 5.92 Å². The number of piperidine rings is 1. The van der Waals surface area contributed by atoms with Crippen LogP contribution < -0.4 is 4.74 Å². The molecule has 1 saturated carbocycles. The quantitative estimate of drug-likeness (QED) is 0.729. The normalized spacial score (nSPS) is 23.9. The van der Waals surface area contributed by atoms with Crippen molar-refractivity contribution in [1.82, 2.24) is 9.80 Å². The van der Waals surface area contributed by atoms with Gasteiger partial charge in [0.25, 0.3) is 11.8 Å². The number of benzene rings is 1. The fourth-order valence-corrected chi connectivity index (χ4v) is 5.29. The molecule has 1 N–H and O–H groups in total. The van der Waals surface area contributed by atoms with Gasteiger partial charge in [0.05, 0.1) is 12.7 Å². The van der Waals surface area contributed by atoms with Gasteiger partial charge in [-0.2, -0.15) is 0 Å². The summed E-state index contributed by atoms with van der Waals surface area (Å²) < 4.78 is 5.28. The molecule has 6 nitrogen and oxygen atoms in total. The summed E-state index contributed by atoms with van der Waals surface area (Å²) in [5.74, 6) is 0.538. The van der Waals surface area contributed by atoms with E-state index in [9.17, 15) is 14.7 Å². The van der Waals surface area contributed by atoms with E-state index in [1.807, 2.05) is 29.2 Å². The lowest BCUT2D eigenvalue weighted by Crippen LogP contribution is -2.44. The van der Waals surface area contributed by atoms with Crippen LogP contribution in [0.25, 0.3) is 5.57 Å². The van der Waals surface area contributed by atoms with Gasteiger partial charge in [0.15, 0.2) is 0 Å². The summed E-state index contributed by atoms with van der Waals surface area (Å²) in [4.78, 5) is 31.1. The van der Waals surface area contributed by atoms with E-state index < -0.39 is 0 Å². The topological polar surface area (TPSA) is 70.1 Å². The Labute approximate surface area is 184 Å². The molecule has 3 aliphatic rings. The maximum Gasteiger partial charge on any atom is 0.278 e. The van der Waals surface area contributed by atoms with Crippen LogP contribution in [0.1, 0.15) is 63.4 Å². The number of aliphatic hydroxyl groups is 1. The number of ether oxygens (including phenoxy) is 1. The third-order valence-corrected chi connectivity index (χ3v) is 7.00. The maximum atomic E-state index is 13.7. The first-order valence-electron chi connectivity index (χ1n) is 11.8. The van der Waals surface area contributed by atoms with Crippen molar-refractivity contribution in [2.45, 2.75) is 63.8 Å². The molecule has 6 heteroatoms. The zero-order chi connectivity index (χ0) is 21.8. The highest BCUT2D eigenvalue weighted by Crippen LogP contribution is 2.37. The molecule has 0 bridgehead atoms. The van der Waals surface area contributed by atoms with Crippen LogP contribution in [-0.4, -0.2) is 59.6 Å². The van der Waals surface area contributed by atoms with Gasteiger partial charge in [0, 0.05) is 25.7 Å². The fraction of sp³-hybridized carbons (Fsp3) is 0.600. The van der Waals surface area contributed by atoms with Crippen LogP contribution >= 0.6 is 0 Å². The molecule has 0 radical (unpaired) electrons.